The van der Waals surface area contributed by atoms with Gasteiger partial charge in [0.15, 0.2) is 5.79 Å². The second-order valence-electron chi connectivity index (χ2n) is 5.23. The Balaban J connectivity index is 1.90. The van der Waals surface area contributed by atoms with Crippen LogP contribution in [-0.4, -0.2) is 44.8 Å². The van der Waals surface area contributed by atoms with Gasteiger partial charge in [0, 0.05) is 17.4 Å². The van der Waals surface area contributed by atoms with E-state index in [9.17, 15) is 8.42 Å². The average Bonchev–Trinajstić information content (AvgIpc) is 2.86. The summed E-state index contributed by atoms with van der Waals surface area (Å²) >= 11 is 3.28. The predicted octanol–water partition coefficient (Wildman–Crippen LogP) is 1.56. The lowest BCUT2D eigenvalue weighted by molar-refractivity contribution is -0.179. The van der Waals surface area contributed by atoms with Crippen LogP contribution in [0.2, 0.25) is 0 Å². The highest BCUT2D eigenvalue weighted by molar-refractivity contribution is 9.10. The number of ether oxygens (including phenoxy) is 2. The standard InChI is InChI=1S/C13H17BrN2O4S/c14-10-2-3-12(11(15)8-10)21(17,18)16-5-1-4-13(9-16)19-6-7-20-13/h2-3,8H,1,4-7,9,15H2. The minimum atomic E-state index is -3.65. The van der Waals surface area contributed by atoms with Crippen LogP contribution >= 0.6 is 15.9 Å². The van der Waals surface area contributed by atoms with Crippen molar-refractivity contribution < 1.29 is 17.9 Å². The van der Waals surface area contributed by atoms with Gasteiger partial charge in [-0.05, 0) is 24.6 Å². The van der Waals surface area contributed by atoms with Gasteiger partial charge in [-0.1, -0.05) is 15.9 Å². The van der Waals surface area contributed by atoms with Crippen LogP contribution < -0.4 is 5.73 Å². The lowest BCUT2D eigenvalue weighted by Gasteiger charge is -2.37. The number of anilines is 1. The van der Waals surface area contributed by atoms with Gasteiger partial charge >= 0.3 is 0 Å². The molecule has 3 rings (SSSR count). The first kappa shape index (κ1) is 15.2. The van der Waals surface area contributed by atoms with Gasteiger partial charge in [-0.15, -0.1) is 0 Å². The molecular weight excluding hydrogens is 360 g/mol. The molecule has 0 amide bonds. The van der Waals surface area contributed by atoms with Crippen LogP contribution in [0.15, 0.2) is 27.6 Å². The highest BCUT2D eigenvalue weighted by Gasteiger charge is 2.44. The van der Waals surface area contributed by atoms with Crippen LogP contribution in [0.5, 0.6) is 0 Å². The molecule has 0 radical (unpaired) electrons. The molecule has 0 unspecified atom stereocenters. The summed E-state index contributed by atoms with van der Waals surface area (Å²) in [5.74, 6) is -0.782. The molecule has 0 aromatic heterocycles. The first-order valence-electron chi connectivity index (χ1n) is 6.76. The van der Waals surface area contributed by atoms with Crippen LogP contribution in [-0.2, 0) is 19.5 Å². The summed E-state index contributed by atoms with van der Waals surface area (Å²) in [5, 5.41) is 0. The molecule has 2 heterocycles. The van der Waals surface area contributed by atoms with Crippen LogP contribution in [0.25, 0.3) is 0 Å². The Hall–Kier alpha value is -0.670. The minimum absolute atomic E-state index is 0.126. The van der Waals surface area contributed by atoms with Crippen molar-refractivity contribution >= 4 is 31.6 Å². The molecule has 6 nitrogen and oxygen atoms in total. The monoisotopic (exact) mass is 376 g/mol. The van der Waals surface area contributed by atoms with Crippen molar-refractivity contribution in [2.24, 2.45) is 0 Å². The number of nitrogens with zero attached hydrogens (tertiary/aromatic N) is 1. The van der Waals surface area contributed by atoms with Gasteiger partial charge < -0.3 is 15.2 Å². The first-order chi connectivity index (χ1) is 9.93. The number of sulfonamides is 1. The van der Waals surface area contributed by atoms with E-state index in [0.29, 0.717) is 26.2 Å². The smallest absolute Gasteiger partial charge is 0.245 e. The Bertz CT molecular complexity index is 644. The maximum absolute atomic E-state index is 12.8. The maximum Gasteiger partial charge on any atom is 0.245 e. The summed E-state index contributed by atoms with van der Waals surface area (Å²) in [6, 6.07) is 4.78. The third kappa shape index (κ3) is 2.83. The summed E-state index contributed by atoms with van der Waals surface area (Å²) in [5.41, 5.74) is 6.09. The Kier molecular flexibility index (Phi) is 4.00. The van der Waals surface area contributed by atoms with Gasteiger partial charge in [0.05, 0.1) is 25.4 Å². The van der Waals surface area contributed by atoms with Crippen molar-refractivity contribution in [2.45, 2.75) is 23.5 Å². The molecular formula is C13H17BrN2O4S. The van der Waals surface area contributed by atoms with E-state index in [2.05, 4.69) is 15.9 Å². The zero-order valence-electron chi connectivity index (χ0n) is 11.4. The topological polar surface area (TPSA) is 81.9 Å². The van der Waals surface area contributed by atoms with E-state index in [0.717, 1.165) is 10.9 Å². The van der Waals surface area contributed by atoms with Gasteiger partial charge in [0.25, 0.3) is 0 Å². The second-order valence-corrected chi connectivity index (χ2v) is 8.05. The summed E-state index contributed by atoms with van der Waals surface area (Å²) in [6.45, 7) is 1.68. The molecule has 1 spiro atoms. The Morgan fingerprint density at radius 3 is 2.67 bits per heavy atom. The molecule has 2 fully saturated rings. The van der Waals surface area contributed by atoms with Gasteiger partial charge in [0.2, 0.25) is 10.0 Å². The zero-order chi connectivity index (χ0) is 15.1. The van der Waals surface area contributed by atoms with Crippen molar-refractivity contribution in [1.29, 1.82) is 0 Å². The zero-order valence-corrected chi connectivity index (χ0v) is 13.8. The first-order valence-corrected chi connectivity index (χ1v) is 8.99. The number of hydrogen-bond acceptors (Lipinski definition) is 5. The number of nitrogen functional groups attached to an aromatic ring is 1. The summed E-state index contributed by atoms with van der Waals surface area (Å²) in [4.78, 5) is 0.126. The van der Waals surface area contributed by atoms with E-state index >= 15 is 0 Å². The van der Waals surface area contributed by atoms with E-state index in [-0.39, 0.29) is 17.1 Å². The van der Waals surface area contributed by atoms with Crippen molar-refractivity contribution in [1.82, 2.24) is 4.31 Å². The summed E-state index contributed by atoms with van der Waals surface area (Å²) < 4.78 is 39.0. The number of nitrogens with two attached hydrogens (primary N) is 1. The number of hydrogen-bond donors (Lipinski definition) is 1. The number of piperidine rings is 1. The van der Waals surface area contributed by atoms with E-state index < -0.39 is 15.8 Å². The fourth-order valence-corrected chi connectivity index (χ4v) is 4.77. The van der Waals surface area contributed by atoms with Crippen molar-refractivity contribution in [3.05, 3.63) is 22.7 Å². The lowest BCUT2D eigenvalue weighted by Crippen LogP contribution is -2.50. The van der Waals surface area contributed by atoms with E-state index in [1.807, 2.05) is 0 Å². The normalized spacial score (nSPS) is 22.7. The number of halogens is 1. The molecule has 8 heteroatoms. The highest BCUT2D eigenvalue weighted by Crippen LogP contribution is 2.34. The van der Waals surface area contributed by atoms with Gasteiger partial charge in [-0.3, -0.25) is 0 Å². The van der Waals surface area contributed by atoms with Crippen molar-refractivity contribution in [2.75, 3.05) is 32.0 Å². The molecule has 2 saturated heterocycles. The largest absolute Gasteiger partial charge is 0.398 e. The van der Waals surface area contributed by atoms with Gasteiger partial charge in [-0.2, -0.15) is 4.31 Å². The van der Waals surface area contributed by atoms with E-state index in [1.165, 1.54) is 10.4 Å². The SMILES string of the molecule is Nc1cc(Br)ccc1S(=O)(=O)N1CCCC2(C1)OCCO2. The Labute approximate surface area is 132 Å². The van der Waals surface area contributed by atoms with Crippen LogP contribution in [0.3, 0.4) is 0 Å². The molecule has 2 aliphatic rings. The quantitative estimate of drug-likeness (QED) is 0.791. The predicted molar refractivity (Wildman–Crippen MR) is 81.2 cm³/mol. The van der Waals surface area contributed by atoms with E-state index in [4.69, 9.17) is 15.2 Å². The molecule has 0 aliphatic carbocycles. The van der Waals surface area contributed by atoms with Crippen molar-refractivity contribution in [3.8, 4) is 0 Å². The molecule has 1 aromatic rings. The maximum atomic E-state index is 12.8. The number of benzene rings is 1. The molecule has 2 aliphatic heterocycles. The summed E-state index contributed by atoms with van der Waals surface area (Å²) in [7, 11) is -3.65. The Morgan fingerprint density at radius 1 is 1.29 bits per heavy atom. The number of rotatable bonds is 2. The fraction of sp³-hybridized carbons (Fsp3) is 0.538. The fourth-order valence-electron chi connectivity index (χ4n) is 2.78. The third-order valence-electron chi connectivity index (χ3n) is 3.79. The van der Waals surface area contributed by atoms with Crippen LogP contribution in [0, 0.1) is 0 Å². The molecule has 116 valence electrons. The van der Waals surface area contributed by atoms with E-state index in [1.54, 1.807) is 12.1 Å². The highest BCUT2D eigenvalue weighted by atomic mass is 79.9. The lowest BCUT2D eigenvalue weighted by atomic mass is 10.1. The molecule has 2 N–H and O–H groups in total. The van der Waals surface area contributed by atoms with Crippen LogP contribution in [0.1, 0.15) is 12.8 Å². The van der Waals surface area contributed by atoms with Gasteiger partial charge in [0.1, 0.15) is 4.90 Å². The molecule has 21 heavy (non-hydrogen) atoms. The second kappa shape index (κ2) is 5.51. The molecule has 0 bridgehead atoms. The molecule has 0 saturated carbocycles. The molecule has 0 atom stereocenters. The molecule has 1 aromatic carbocycles. The van der Waals surface area contributed by atoms with Crippen LogP contribution in [0.4, 0.5) is 5.69 Å². The third-order valence-corrected chi connectivity index (χ3v) is 6.20. The minimum Gasteiger partial charge on any atom is -0.398 e. The van der Waals surface area contributed by atoms with Crippen molar-refractivity contribution in [3.63, 3.8) is 0 Å². The average molecular weight is 377 g/mol. The summed E-state index contributed by atoms with van der Waals surface area (Å²) in [6.07, 6.45) is 1.42. The van der Waals surface area contributed by atoms with Gasteiger partial charge in [-0.25, -0.2) is 8.42 Å². The Morgan fingerprint density at radius 2 is 2.00 bits per heavy atom.